The molecule has 3 nitrogen and oxygen atoms in total. The standard InChI is InChI=1S/C20H23NO2S/c1-14-8-9-18(23-3)16(12-14)13-20(22)21-11-10-15(2)24-19-7-5-4-6-17(19)21/h4-9,12,15H,10-11,13H2,1-3H3. The van der Waals surface area contributed by atoms with Crippen LogP contribution in [0.1, 0.15) is 24.5 Å². The van der Waals surface area contributed by atoms with Gasteiger partial charge in [-0.2, -0.15) is 0 Å². The van der Waals surface area contributed by atoms with Gasteiger partial charge in [-0.25, -0.2) is 0 Å². The Morgan fingerprint density at radius 1 is 1.29 bits per heavy atom. The Morgan fingerprint density at radius 3 is 2.88 bits per heavy atom. The Bertz CT molecular complexity index is 744. The number of carbonyl (C=O) groups excluding carboxylic acids is 1. The number of nitrogens with zero attached hydrogens (tertiary/aromatic N) is 1. The SMILES string of the molecule is COc1ccc(C)cc1CC(=O)N1CCC(C)Sc2ccccc21. The van der Waals surface area contributed by atoms with Crippen molar-refractivity contribution in [3.05, 3.63) is 53.6 Å². The van der Waals surface area contributed by atoms with Crippen LogP contribution in [0.2, 0.25) is 0 Å². The van der Waals surface area contributed by atoms with Crippen molar-refractivity contribution >= 4 is 23.4 Å². The zero-order chi connectivity index (χ0) is 17.1. The van der Waals surface area contributed by atoms with Crippen LogP contribution in [0, 0.1) is 6.92 Å². The van der Waals surface area contributed by atoms with Gasteiger partial charge in [-0.15, -0.1) is 11.8 Å². The van der Waals surface area contributed by atoms with Crippen LogP contribution >= 0.6 is 11.8 Å². The first-order chi connectivity index (χ1) is 11.6. The number of carbonyl (C=O) groups is 1. The van der Waals surface area contributed by atoms with Crippen molar-refractivity contribution in [3.63, 3.8) is 0 Å². The maximum Gasteiger partial charge on any atom is 0.231 e. The van der Waals surface area contributed by atoms with Crippen molar-refractivity contribution < 1.29 is 9.53 Å². The lowest BCUT2D eigenvalue weighted by Gasteiger charge is -2.23. The van der Waals surface area contributed by atoms with E-state index in [9.17, 15) is 4.79 Å². The minimum atomic E-state index is 0.126. The first-order valence-corrected chi connectivity index (χ1v) is 9.16. The highest BCUT2D eigenvalue weighted by Gasteiger charge is 2.24. The summed E-state index contributed by atoms with van der Waals surface area (Å²) < 4.78 is 5.42. The summed E-state index contributed by atoms with van der Waals surface area (Å²) >= 11 is 1.85. The predicted molar refractivity (Wildman–Crippen MR) is 100 cm³/mol. The Kier molecular flexibility index (Phi) is 5.14. The van der Waals surface area contributed by atoms with Crippen LogP contribution in [0.3, 0.4) is 0 Å². The number of fused-ring (bicyclic) bond motifs is 1. The van der Waals surface area contributed by atoms with E-state index in [1.807, 2.05) is 60.0 Å². The van der Waals surface area contributed by atoms with Gasteiger partial charge in [-0.3, -0.25) is 4.79 Å². The van der Waals surface area contributed by atoms with Gasteiger partial charge in [0.25, 0.3) is 0 Å². The van der Waals surface area contributed by atoms with E-state index in [2.05, 4.69) is 13.0 Å². The monoisotopic (exact) mass is 341 g/mol. The number of rotatable bonds is 3. The molecule has 1 atom stereocenters. The Balaban J connectivity index is 1.89. The molecule has 0 N–H and O–H groups in total. The normalized spacial score (nSPS) is 17.1. The topological polar surface area (TPSA) is 29.5 Å². The molecule has 2 aromatic carbocycles. The highest BCUT2D eigenvalue weighted by molar-refractivity contribution is 8.00. The van der Waals surface area contributed by atoms with E-state index < -0.39 is 0 Å². The molecule has 1 aliphatic rings. The molecule has 2 aromatic rings. The molecule has 0 aliphatic carbocycles. The number of anilines is 1. The van der Waals surface area contributed by atoms with E-state index in [-0.39, 0.29) is 5.91 Å². The van der Waals surface area contributed by atoms with Gasteiger partial charge in [0.2, 0.25) is 5.91 Å². The smallest absolute Gasteiger partial charge is 0.231 e. The number of para-hydroxylation sites is 1. The van der Waals surface area contributed by atoms with Crippen molar-refractivity contribution in [2.45, 2.75) is 36.8 Å². The molecule has 0 saturated carbocycles. The highest BCUT2D eigenvalue weighted by Crippen LogP contribution is 2.37. The summed E-state index contributed by atoms with van der Waals surface area (Å²) in [5, 5.41) is 0.512. The average molecular weight is 341 g/mol. The van der Waals surface area contributed by atoms with E-state index in [0.717, 1.165) is 35.5 Å². The molecule has 1 unspecified atom stereocenters. The summed E-state index contributed by atoms with van der Waals surface area (Å²) in [4.78, 5) is 16.2. The molecule has 0 aromatic heterocycles. The van der Waals surface area contributed by atoms with Gasteiger partial charge in [0.1, 0.15) is 5.75 Å². The fourth-order valence-electron chi connectivity index (χ4n) is 3.05. The number of aryl methyl sites for hydroxylation is 1. The maximum atomic E-state index is 13.0. The third-order valence-electron chi connectivity index (χ3n) is 4.32. The second-order valence-corrected chi connectivity index (χ2v) is 7.70. The number of hydrogen-bond acceptors (Lipinski definition) is 3. The van der Waals surface area contributed by atoms with Crippen molar-refractivity contribution in [2.75, 3.05) is 18.6 Å². The minimum Gasteiger partial charge on any atom is -0.496 e. The van der Waals surface area contributed by atoms with E-state index in [4.69, 9.17) is 4.74 Å². The highest BCUT2D eigenvalue weighted by atomic mass is 32.2. The first-order valence-electron chi connectivity index (χ1n) is 8.28. The number of methoxy groups -OCH3 is 1. The van der Waals surface area contributed by atoms with E-state index in [1.54, 1.807) is 7.11 Å². The van der Waals surface area contributed by atoms with Gasteiger partial charge in [0.15, 0.2) is 0 Å². The van der Waals surface area contributed by atoms with Crippen LogP contribution in [0.5, 0.6) is 5.75 Å². The van der Waals surface area contributed by atoms with Crippen molar-refractivity contribution in [3.8, 4) is 5.75 Å². The molecule has 0 saturated heterocycles. The predicted octanol–water partition coefficient (Wildman–Crippen LogP) is 4.46. The van der Waals surface area contributed by atoms with Crippen molar-refractivity contribution in [1.82, 2.24) is 0 Å². The maximum absolute atomic E-state index is 13.0. The summed E-state index contributed by atoms with van der Waals surface area (Å²) in [5.74, 6) is 0.904. The van der Waals surface area contributed by atoms with E-state index in [1.165, 1.54) is 4.90 Å². The second-order valence-electron chi connectivity index (χ2n) is 6.22. The van der Waals surface area contributed by atoms with Gasteiger partial charge in [-0.05, 0) is 31.5 Å². The molecule has 4 heteroatoms. The molecule has 0 fully saturated rings. The molecular formula is C20H23NO2S. The van der Waals surface area contributed by atoms with Crippen molar-refractivity contribution in [2.24, 2.45) is 0 Å². The van der Waals surface area contributed by atoms with Gasteiger partial charge in [0.05, 0.1) is 19.2 Å². The van der Waals surface area contributed by atoms with Crippen LogP contribution in [-0.2, 0) is 11.2 Å². The lowest BCUT2D eigenvalue weighted by molar-refractivity contribution is -0.118. The number of benzene rings is 2. The minimum absolute atomic E-state index is 0.126. The lowest BCUT2D eigenvalue weighted by Crippen LogP contribution is -2.33. The Hall–Kier alpha value is -1.94. The molecule has 1 amide bonds. The summed E-state index contributed by atoms with van der Waals surface area (Å²) in [6.07, 6.45) is 1.36. The fraction of sp³-hybridized carbons (Fsp3) is 0.350. The number of thioether (sulfide) groups is 1. The third kappa shape index (κ3) is 3.59. The molecule has 0 spiro atoms. The van der Waals surface area contributed by atoms with Gasteiger partial charge in [0, 0.05) is 22.3 Å². The number of hydrogen-bond donors (Lipinski definition) is 0. The van der Waals surface area contributed by atoms with Crippen LogP contribution in [-0.4, -0.2) is 24.8 Å². The fourth-order valence-corrected chi connectivity index (χ4v) is 4.16. The van der Waals surface area contributed by atoms with Gasteiger partial charge >= 0.3 is 0 Å². The molecule has 126 valence electrons. The molecule has 1 aliphatic heterocycles. The average Bonchev–Trinajstić information content (AvgIpc) is 2.73. The zero-order valence-electron chi connectivity index (χ0n) is 14.4. The molecule has 0 radical (unpaired) electrons. The Labute approximate surface area is 148 Å². The molecule has 0 bridgehead atoms. The number of amides is 1. The molecular weight excluding hydrogens is 318 g/mol. The summed E-state index contributed by atoms with van der Waals surface area (Å²) in [6.45, 7) is 5.02. The number of ether oxygens (including phenoxy) is 1. The summed E-state index contributed by atoms with van der Waals surface area (Å²) in [5.41, 5.74) is 3.12. The van der Waals surface area contributed by atoms with E-state index in [0.29, 0.717) is 11.7 Å². The Morgan fingerprint density at radius 2 is 2.08 bits per heavy atom. The zero-order valence-corrected chi connectivity index (χ0v) is 15.2. The molecule has 24 heavy (non-hydrogen) atoms. The van der Waals surface area contributed by atoms with Crippen LogP contribution < -0.4 is 9.64 Å². The van der Waals surface area contributed by atoms with Crippen LogP contribution in [0.25, 0.3) is 0 Å². The van der Waals surface area contributed by atoms with Gasteiger partial charge < -0.3 is 9.64 Å². The van der Waals surface area contributed by atoms with Gasteiger partial charge in [-0.1, -0.05) is 36.8 Å². The second kappa shape index (κ2) is 7.31. The van der Waals surface area contributed by atoms with Crippen LogP contribution in [0.15, 0.2) is 47.4 Å². The quantitative estimate of drug-likeness (QED) is 0.825. The molecule has 3 rings (SSSR count). The molecule has 1 heterocycles. The van der Waals surface area contributed by atoms with Crippen molar-refractivity contribution in [1.29, 1.82) is 0 Å². The first kappa shape index (κ1) is 16.9. The largest absolute Gasteiger partial charge is 0.496 e. The lowest BCUT2D eigenvalue weighted by atomic mass is 10.1. The summed E-state index contributed by atoms with van der Waals surface area (Å²) in [6, 6.07) is 14.2. The summed E-state index contributed by atoms with van der Waals surface area (Å²) in [7, 11) is 1.65. The van der Waals surface area contributed by atoms with Crippen LogP contribution in [0.4, 0.5) is 5.69 Å². The third-order valence-corrected chi connectivity index (χ3v) is 5.56. The van der Waals surface area contributed by atoms with E-state index >= 15 is 0 Å².